The van der Waals surface area contributed by atoms with Crippen LogP contribution in [-0.4, -0.2) is 10.8 Å². The first-order chi connectivity index (χ1) is 3.81. The Morgan fingerprint density at radius 3 is 2.88 bits per heavy atom. The highest BCUT2D eigenvalue weighted by molar-refractivity contribution is 8.13. The van der Waals surface area contributed by atoms with Gasteiger partial charge >= 0.3 is 0 Å². The van der Waals surface area contributed by atoms with Crippen molar-refractivity contribution in [1.82, 2.24) is 0 Å². The van der Waals surface area contributed by atoms with Crippen LogP contribution < -0.4 is 0 Å². The first-order valence-electron chi connectivity index (χ1n) is 2.59. The quantitative estimate of drug-likeness (QED) is 0.411. The van der Waals surface area contributed by atoms with Gasteiger partial charge in [0, 0.05) is 6.20 Å². The molecule has 0 bridgehead atoms. The lowest BCUT2D eigenvalue weighted by molar-refractivity contribution is 1.53. The molecular formula is C6H11NS. The van der Waals surface area contributed by atoms with Gasteiger partial charge in [0.15, 0.2) is 0 Å². The molecule has 0 atom stereocenters. The predicted molar refractivity (Wildman–Crippen MR) is 41.4 cm³/mol. The number of hydrogen-bond acceptors (Lipinski definition) is 2. The number of rotatable bonds is 2. The molecule has 0 saturated heterocycles. The van der Waals surface area contributed by atoms with Gasteiger partial charge in [-0.25, -0.2) is 0 Å². The van der Waals surface area contributed by atoms with E-state index in [2.05, 4.69) is 18.5 Å². The van der Waals surface area contributed by atoms with Gasteiger partial charge in [0.2, 0.25) is 0 Å². The molecule has 0 aliphatic heterocycles. The highest BCUT2D eigenvalue weighted by Gasteiger charge is 1.83. The largest absolute Gasteiger partial charge is 0.255 e. The van der Waals surface area contributed by atoms with E-state index < -0.39 is 0 Å². The summed E-state index contributed by atoms with van der Waals surface area (Å²) >= 11 is 1.73. The van der Waals surface area contributed by atoms with Crippen LogP contribution in [0.5, 0.6) is 0 Å². The Hall–Kier alpha value is -0.240. The van der Waals surface area contributed by atoms with Crippen LogP contribution in [-0.2, 0) is 0 Å². The minimum absolute atomic E-state index is 1.09. The van der Waals surface area contributed by atoms with E-state index in [9.17, 15) is 0 Å². The van der Waals surface area contributed by atoms with Crippen LogP contribution in [0.1, 0.15) is 13.8 Å². The average molecular weight is 129 g/mol. The van der Waals surface area contributed by atoms with Crippen LogP contribution in [0.15, 0.2) is 17.8 Å². The van der Waals surface area contributed by atoms with E-state index in [1.807, 2.05) is 6.92 Å². The Bertz CT molecular complexity index is 96.7. The van der Waals surface area contributed by atoms with Gasteiger partial charge in [0.05, 0.1) is 5.04 Å². The van der Waals surface area contributed by atoms with Crippen molar-refractivity contribution in [3.8, 4) is 0 Å². The summed E-state index contributed by atoms with van der Waals surface area (Å²) in [6, 6.07) is 0. The molecule has 0 N–H and O–H groups in total. The molecule has 8 heavy (non-hydrogen) atoms. The maximum atomic E-state index is 3.96. The van der Waals surface area contributed by atoms with Crippen LogP contribution in [0, 0.1) is 0 Å². The van der Waals surface area contributed by atoms with Crippen molar-refractivity contribution < 1.29 is 0 Å². The first-order valence-corrected chi connectivity index (χ1v) is 3.58. The van der Waals surface area contributed by atoms with E-state index in [0.29, 0.717) is 0 Å². The van der Waals surface area contributed by atoms with Crippen molar-refractivity contribution in [2.75, 3.05) is 5.75 Å². The van der Waals surface area contributed by atoms with E-state index in [1.54, 1.807) is 18.0 Å². The molecule has 1 nitrogen and oxygen atoms in total. The van der Waals surface area contributed by atoms with Crippen molar-refractivity contribution in [2.45, 2.75) is 13.8 Å². The highest BCUT2D eigenvalue weighted by atomic mass is 32.2. The summed E-state index contributed by atoms with van der Waals surface area (Å²) in [7, 11) is 0. The van der Waals surface area contributed by atoms with Crippen molar-refractivity contribution in [2.24, 2.45) is 4.99 Å². The molecule has 2 heteroatoms. The molecule has 0 amide bonds. The molecule has 0 heterocycles. The fourth-order valence-electron chi connectivity index (χ4n) is 0.375. The third-order valence-electron chi connectivity index (χ3n) is 0.626. The minimum atomic E-state index is 1.09. The molecular weight excluding hydrogens is 118 g/mol. The van der Waals surface area contributed by atoms with Crippen molar-refractivity contribution >= 4 is 16.8 Å². The average Bonchev–Trinajstić information content (AvgIpc) is 1.68. The topological polar surface area (TPSA) is 12.4 Å². The van der Waals surface area contributed by atoms with Crippen molar-refractivity contribution in [1.29, 1.82) is 0 Å². The van der Waals surface area contributed by atoms with Gasteiger partial charge in [0.1, 0.15) is 0 Å². The molecule has 0 unspecified atom stereocenters. The molecule has 0 aromatic heterocycles. The third-order valence-corrected chi connectivity index (χ3v) is 1.44. The Balaban J connectivity index is 3.44. The summed E-state index contributed by atoms with van der Waals surface area (Å²) in [5, 5.41) is 1.09. The molecule has 0 aliphatic carbocycles. The smallest absolute Gasteiger partial charge is 0.0699 e. The molecule has 0 aromatic rings. The second-order valence-corrected chi connectivity index (χ2v) is 2.72. The van der Waals surface area contributed by atoms with E-state index in [0.717, 1.165) is 10.8 Å². The fraction of sp³-hybridized carbons (Fsp3) is 0.500. The molecule has 0 fully saturated rings. The second kappa shape index (κ2) is 4.91. The van der Waals surface area contributed by atoms with Gasteiger partial charge in [-0.1, -0.05) is 13.5 Å². The van der Waals surface area contributed by atoms with Gasteiger partial charge in [-0.3, -0.25) is 4.99 Å². The molecule has 0 saturated carbocycles. The Labute approximate surface area is 54.9 Å². The first kappa shape index (κ1) is 7.76. The molecule has 0 spiro atoms. The summed E-state index contributed by atoms with van der Waals surface area (Å²) in [5.41, 5.74) is 0. The lowest BCUT2D eigenvalue weighted by Crippen LogP contribution is -1.80. The fourth-order valence-corrected chi connectivity index (χ4v) is 0.942. The summed E-state index contributed by atoms with van der Waals surface area (Å²) in [5.74, 6) is 1.09. The Kier molecular flexibility index (Phi) is 4.76. The predicted octanol–water partition coefficient (Wildman–Crippen LogP) is 2.30. The molecule has 0 aliphatic rings. The van der Waals surface area contributed by atoms with Crippen LogP contribution >= 0.6 is 11.8 Å². The van der Waals surface area contributed by atoms with Crippen LogP contribution in [0.4, 0.5) is 0 Å². The third kappa shape index (κ3) is 3.93. The van der Waals surface area contributed by atoms with Crippen LogP contribution in [0.2, 0.25) is 0 Å². The van der Waals surface area contributed by atoms with Crippen molar-refractivity contribution in [3.63, 3.8) is 0 Å². The normalized spacial score (nSPS) is 11.5. The summed E-state index contributed by atoms with van der Waals surface area (Å²) < 4.78 is 0. The van der Waals surface area contributed by atoms with E-state index in [4.69, 9.17) is 0 Å². The van der Waals surface area contributed by atoms with E-state index in [-0.39, 0.29) is 0 Å². The van der Waals surface area contributed by atoms with E-state index in [1.165, 1.54) is 0 Å². The standard InChI is InChI=1S/C6H11NS/c1-4-7-6(3)8-5-2/h4H,1,5H2,2-3H3/b7-6-. The zero-order valence-corrected chi connectivity index (χ0v) is 6.16. The molecule has 0 radical (unpaired) electrons. The number of aliphatic imine (C=N–C) groups is 1. The SMILES string of the molecule is C=C/N=C(/C)SCC. The van der Waals surface area contributed by atoms with Crippen molar-refractivity contribution in [3.05, 3.63) is 12.8 Å². The zero-order chi connectivity index (χ0) is 6.41. The van der Waals surface area contributed by atoms with E-state index >= 15 is 0 Å². The molecule has 46 valence electrons. The van der Waals surface area contributed by atoms with Gasteiger partial charge in [-0.05, 0) is 12.7 Å². The van der Waals surface area contributed by atoms with Gasteiger partial charge < -0.3 is 0 Å². The number of nitrogens with zero attached hydrogens (tertiary/aromatic N) is 1. The van der Waals surface area contributed by atoms with Gasteiger partial charge in [-0.15, -0.1) is 11.8 Å². The summed E-state index contributed by atoms with van der Waals surface area (Å²) in [6.45, 7) is 7.57. The maximum absolute atomic E-state index is 3.96. The Morgan fingerprint density at radius 2 is 2.50 bits per heavy atom. The number of hydrogen-bond donors (Lipinski definition) is 0. The monoisotopic (exact) mass is 129 g/mol. The highest BCUT2D eigenvalue weighted by Crippen LogP contribution is 2.01. The maximum Gasteiger partial charge on any atom is 0.0699 e. The lowest BCUT2D eigenvalue weighted by atomic mass is 10.8. The zero-order valence-electron chi connectivity index (χ0n) is 5.35. The number of thioether (sulfide) groups is 1. The van der Waals surface area contributed by atoms with Crippen LogP contribution in [0.3, 0.4) is 0 Å². The summed E-state index contributed by atoms with van der Waals surface area (Å²) in [6.07, 6.45) is 1.57. The molecule has 0 rings (SSSR count). The molecule has 0 aromatic carbocycles. The lowest BCUT2D eigenvalue weighted by Gasteiger charge is -1.90. The summed E-state index contributed by atoms with van der Waals surface area (Å²) in [4.78, 5) is 3.96. The second-order valence-electron chi connectivity index (χ2n) is 1.26. The van der Waals surface area contributed by atoms with Crippen LogP contribution in [0.25, 0.3) is 0 Å². The van der Waals surface area contributed by atoms with Gasteiger partial charge in [0.25, 0.3) is 0 Å². The Morgan fingerprint density at radius 1 is 1.88 bits per heavy atom. The van der Waals surface area contributed by atoms with Gasteiger partial charge in [-0.2, -0.15) is 0 Å². The minimum Gasteiger partial charge on any atom is -0.255 e.